The van der Waals surface area contributed by atoms with Gasteiger partial charge in [-0.1, -0.05) is 6.92 Å². The molecule has 118 valence electrons. The van der Waals surface area contributed by atoms with Crippen LogP contribution in [0.4, 0.5) is 14.6 Å². The Labute approximate surface area is 130 Å². The SMILES string of the molecule is CCCNc1ncc(Br)cc1C(=O)NCCOCC(F)F. The molecule has 0 saturated heterocycles. The monoisotopic (exact) mass is 365 g/mol. The van der Waals surface area contributed by atoms with Gasteiger partial charge in [0.1, 0.15) is 12.4 Å². The van der Waals surface area contributed by atoms with Crippen molar-refractivity contribution in [3.8, 4) is 0 Å². The highest BCUT2D eigenvalue weighted by Gasteiger charge is 2.13. The van der Waals surface area contributed by atoms with Gasteiger partial charge in [-0.15, -0.1) is 0 Å². The van der Waals surface area contributed by atoms with Crippen LogP contribution in [0.2, 0.25) is 0 Å². The summed E-state index contributed by atoms with van der Waals surface area (Å²) in [6.07, 6.45) is 0.000626. The Kier molecular flexibility index (Phi) is 8.14. The van der Waals surface area contributed by atoms with Gasteiger partial charge in [-0.3, -0.25) is 4.79 Å². The summed E-state index contributed by atoms with van der Waals surface area (Å²) in [4.78, 5) is 16.2. The number of hydrogen-bond acceptors (Lipinski definition) is 4. The van der Waals surface area contributed by atoms with Crippen LogP contribution in [0.5, 0.6) is 0 Å². The zero-order chi connectivity index (χ0) is 15.7. The second kappa shape index (κ2) is 9.62. The van der Waals surface area contributed by atoms with E-state index in [9.17, 15) is 13.6 Å². The Morgan fingerprint density at radius 2 is 2.24 bits per heavy atom. The Morgan fingerprint density at radius 1 is 1.48 bits per heavy atom. The van der Waals surface area contributed by atoms with Crippen molar-refractivity contribution in [1.82, 2.24) is 10.3 Å². The average molecular weight is 366 g/mol. The van der Waals surface area contributed by atoms with Crippen LogP contribution in [0.3, 0.4) is 0 Å². The predicted molar refractivity (Wildman–Crippen MR) is 79.9 cm³/mol. The first-order chi connectivity index (χ1) is 10.0. The summed E-state index contributed by atoms with van der Waals surface area (Å²) in [7, 11) is 0. The molecular weight excluding hydrogens is 348 g/mol. The zero-order valence-electron chi connectivity index (χ0n) is 11.7. The smallest absolute Gasteiger partial charge is 0.261 e. The molecular formula is C13H18BrF2N3O2. The molecule has 21 heavy (non-hydrogen) atoms. The third-order valence-electron chi connectivity index (χ3n) is 2.42. The highest BCUT2D eigenvalue weighted by molar-refractivity contribution is 9.10. The largest absolute Gasteiger partial charge is 0.374 e. The van der Waals surface area contributed by atoms with Gasteiger partial charge in [0.15, 0.2) is 0 Å². The average Bonchev–Trinajstić information content (AvgIpc) is 2.45. The van der Waals surface area contributed by atoms with Crippen molar-refractivity contribution >= 4 is 27.7 Å². The first-order valence-electron chi connectivity index (χ1n) is 6.58. The van der Waals surface area contributed by atoms with E-state index in [1.165, 1.54) is 0 Å². The lowest BCUT2D eigenvalue weighted by molar-refractivity contribution is 0.0188. The van der Waals surface area contributed by atoms with Crippen molar-refractivity contribution in [2.75, 3.05) is 31.6 Å². The van der Waals surface area contributed by atoms with Crippen molar-refractivity contribution in [2.24, 2.45) is 0 Å². The highest BCUT2D eigenvalue weighted by Crippen LogP contribution is 2.18. The Bertz CT molecular complexity index is 461. The van der Waals surface area contributed by atoms with Gasteiger partial charge < -0.3 is 15.4 Å². The van der Waals surface area contributed by atoms with Gasteiger partial charge in [-0.2, -0.15) is 0 Å². The fourth-order valence-electron chi connectivity index (χ4n) is 1.50. The second-order valence-corrected chi connectivity index (χ2v) is 5.11. The molecule has 0 bridgehead atoms. The van der Waals surface area contributed by atoms with Crippen molar-refractivity contribution < 1.29 is 18.3 Å². The number of pyridine rings is 1. The van der Waals surface area contributed by atoms with Crippen LogP contribution in [-0.2, 0) is 4.74 Å². The summed E-state index contributed by atoms with van der Waals surface area (Å²) in [6.45, 7) is 2.27. The predicted octanol–water partition coefficient (Wildman–Crippen LogP) is 2.68. The van der Waals surface area contributed by atoms with E-state index >= 15 is 0 Å². The number of alkyl halides is 2. The third-order valence-corrected chi connectivity index (χ3v) is 2.85. The van der Waals surface area contributed by atoms with E-state index in [2.05, 4.69) is 31.5 Å². The van der Waals surface area contributed by atoms with Gasteiger partial charge in [0.2, 0.25) is 0 Å². The highest BCUT2D eigenvalue weighted by atomic mass is 79.9. The molecule has 0 radical (unpaired) electrons. The maximum absolute atomic E-state index is 12.1. The molecule has 0 atom stereocenters. The van der Waals surface area contributed by atoms with E-state index in [0.717, 1.165) is 6.42 Å². The van der Waals surface area contributed by atoms with Crippen LogP contribution in [-0.4, -0.2) is 43.6 Å². The summed E-state index contributed by atoms with van der Waals surface area (Å²) in [5.41, 5.74) is 0.395. The molecule has 1 rings (SSSR count). The minimum atomic E-state index is -2.50. The number of nitrogens with zero attached hydrogens (tertiary/aromatic N) is 1. The van der Waals surface area contributed by atoms with E-state index in [1.54, 1.807) is 12.3 Å². The van der Waals surface area contributed by atoms with Crippen LogP contribution < -0.4 is 10.6 Å². The molecule has 8 heteroatoms. The molecule has 0 aliphatic heterocycles. The molecule has 2 N–H and O–H groups in total. The first kappa shape index (κ1) is 17.8. The van der Waals surface area contributed by atoms with Crippen LogP contribution in [0, 0.1) is 0 Å². The number of ether oxygens (including phenoxy) is 1. The topological polar surface area (TPSA) is 63.2 Å². The van der Waals surface area contributed by atoms with E-state index in [1.807, 2.05) is 6.92 Å². The molecule has 0 unspecified atom stereocenters. The van der Waals surface area contributed by atoms with Crippen molar-refractivity contribution in [3.05, 3.63) is 22.3 Å². The number of halogens is 3. The van der Waals surface area contributed by atoms with Crippen LogP contribution in [0.15, 0.2) is 16.7 Å². The molecule has 1 heterocycles. The van der Waals surface area contributed by atoms with Gasteiger partial charge >= 0.3 is 0 Å². The molecule has 1 amide bonds. The number of anilines is 1. The summed E-state index contributed by atoms with van der Waals surface area (Å²) in [5.74, 6) is 0.161. The van der Waals surface area contributed by atoms with Gasteiger partial charge in [0.25, 0.3) is 12.3 Å². The summed E-state index contributed by atoms with van der Waals surface area (Å²) in [6, 6.07) is 1.65. The molecule has 0 aromatic carbocycles. The zero-order valence-corrected chi connectivity index (χ0v) is 13.3. The molecule has 0 fully saturated rings. The molecule has 1 aromatic rings. The third kappa shape index (κ3) is 6.81. The number of aromatic nitrogens is 1. The maximum atomic E-state index is 12.1. The molecule has 5 nitrogen and oxygen atoms in total. The van der Waals surface area contributed by atoms with Crippen LogP contribution in [0.25, 0.3) is 0 Å². The molecule has 1 aromatic heterocycles. The van der Waals surface area contributed by atoms with Crippen molar-refractivity contribution in [1.29, 1.82) is 0 Å². The number of carbonyl (C=O) groups is 1. The standard InChI is InChI=1S/C13H18BrF2N3O2/c1-2-3-17-12-10(6-9(14)7-19-12)13(20)18-4-5-21-8-11(15)16/h6-7,11H,2-5,8H2,1H3,(H,17,19)(H,18,20). The van der Waals surface area contributed by atoms with Crippen molar-refractivity contribution in [3.63, 3.8) is 0 Å². The van der Waals surface area contributed by atoms with E-state index in [0.29, 0.717) is 22.4 Å². The van der Waals surface area contributed by atoms with Crippen LogP contribution >= 0.6 is 15.9 Å². The van der Waals surface area contributed by atoms with Crippen molar-refractivity contribution in [2.45, 2.75) is 19.8 Å². The summed E-state index contributed by atoms with van der Waals surface area (Å²) < 4.78 is 29.1. The lowest BCUT2D eigenvalue weighted by Gasteiger charge is -2.11. The fourth-order valence-corrected chi connectivity index (χ4v) is 1.83. The van der Waals surface area contributed by atoms with Gasteiger partial charge in [0, 0.05) is 23.8 Å². The quantitative estimate of drug-likeness (QED) is 0.660. The number of rotatable bonds is 9. The lowest BCUT2D eigenvalue weighted by atomic mass is 10.2. The number of carbonyl (C=O) groups excluding carboxylic acids is 1. The number of nitrogens with one attached hydrogen (secondary N) is 2. The van der Waals surface area contributed by atoms with E-state index < -0.39 is 13.0 Å². The first-order valence-corrected chi connectivity index (χ1v) is 7.37. The molecule has 0 spiro atoms. The summed E-state index contributed by atoms with van der Waals surface area (Å²) in [5, 5.41) is 5.67. The number of amides is 1. The minimum Gasteiger partial charge on any atom is -0.374 e. The molecule has 0 aliphatic carbocycles. The Morgan fingerprint density at radius 3 is 2.90 bits per heavy atom. The summed E-state index contributed by atoms with van der Waals surface area (Å²) >= 11 is 3.26. The van der Waals surface area contributed by atoms with Crippen LogP contribution in [0.1, 0.15) is 23.7 Å². The maximum Gasteiger partial charge on any atom is 0.261 e. The van der Waals surface area contributed by atoms with Gasteiger partial charge in [-0.25, -0.2) is 13.8 Å². The lowest BCUT2D eigenvalue weighted by Crippen LogP contribution is -2.28. The van der Waals surface area contributed by atoms with E-state index in [-0.39, 0.29) is 19.1 Å². The fraction of sp³-hybridized carbons (Fsp3) is 0.538. The van der Waals surface area contributed by atoms with Gasteiger partial charge in [0.05, 0.1) is 12.2 Å². The second-order valence-electron chi connectivity index (χ2n) is 4.20. The number of hydrogen-bond donors (Lipinski definition) is 2. The normalized spacial score (nSPS) is 10.7. The Balaban J connectivity index is 2.53. The molecule has 0 aliphatic rings. The molecule has 0 saturated carbocycles. The van der Waals surface area contributed by atoms with Gasteiger partial charge in [-0.05, 0) is 28.4 Å². The van der Waals surface area contributed by atoms with E-state index in [4.69, 9.17) is 4.74 Å². The Hall–Kier alpha value is -1.28. The minimum absolute atomic E-state index is 0.0369.